The Labute approximate surface area is 130 Å². The summed E-state index contributed by atoms with van der Waals surface area (Å²) in [7, 11) is 0. The maximum Gasteiger partial charge on any atom is 0.329 e. The molecule has 22 heavy (non-hydrogen) atoms. The lowest BCUT2D eigenvalue weighted by Crippen LogP contribution is -2.32. The van der Waals surface area contributed by atoms with Crippen molar-refractivity contribution in [3.05, 3.63) is 64.9 Å². The Morgan fingerprint density at radius 2 is 1.82 bits per heavy atom. The number of hydrogen-bond donors (Lipinski definition) is 2. The number of rotatable bonds is 3. The summed E-state index contributed by atoms with van der Waals surface area (Å²) in [6.07, 6.45) is 1.30. The van der Waals surface area contributed by atoms with Gasteiger partial charge < -0.3 is 5.32 Å². The average molecular weight is 320 g/mol. The Hall–Kier alpha value is -2.73. The molecule has 0 heterocycles. The second kappa shape index (κ2) is 7.33. The van der Waals surface area contributed by atoms with Gasteiger partial charge in [-0.2, -0.15) is 5.10 Å². The van der Waals surface area contributed by atoms with Crippen molar-refractivity contribution in [2.45, 2.75) is 0 Å². The average Bonchev–Trinajstić information content (AvgIpc) is 2.49. The number of hydrazone groups is 1. The smallest absolute Gasteiger partial charge is 0.318 e. The van der Waals surface area contributed by atoms with Crippen molar-refractivity contribution in [3.63, 3.8) is 0 Å². The Morgan fingerprint density at radius 3 is 2.50 bits per heavy atom. The van der Waals surface area contributed by atoms with Crippen LogP contribution in [0.1, 0.15) is 5.56 Å². The van der Waals surface area contributed by atoms with Gasteiger partial charge in [-0.3, -0.25) is 9.59 Å². The fourth-order valence-corrected chi connectivity index (χ4v) is 1.71. The van der Waals surface area contributed by atoms with Gasteiger partial charge >= 0.3 is 11.8 Å². The monoisotopic (exact) mass is 319 g/mol. The molecule has 2 amide bonds. The molecular formula is C15H11ClFN3O2. The molecule has 0 saturated carbocycles. The maximum atomic E-state index is 12.7. The third-order valence-electron chi connectivity index (χ3n) is 2.54. The molecular weight excluding hydrogens is 309 g/mol. The quantitative estimate of drug-likeness (QED) is 0.518. The van der Waals surface area contributed by atoms with Crippen molar-refractivity contribution in [2.75, 3.05) is 5.32 Å². The van der Waals surface area contributed by atoms with Gasteiger partial charge in [0.1, 0.15) is 5.82 Å². The molecule has 2 aromatic carbocycles. The molecule has 0 saturated heterocycles. The van der Waals surface area contributed by atoms with Crippen LogP contribution in [-0.2, 0) is 9.59 Å². The fraction of sp³-hybridized carbons (Fsp3) is 0. The first kappa shape index (κ1) is 15.7. The summed E-state index contributed by atoms with van der Waals surface area (Å²) in [6, 6.07) is 11.9. The summed E-state index contributed by atoms with van der Waals surface area (Å²) in [5.74, 6) is -2.18. The number of nitrogens with zero attached hydrogens (tertiary/aromatic N) is 1. The molecule has 2 N–H and O–H groups in total. The van der Waals surface area contributed by atoms with Crippen molar-refractivity contribution in [2.24, 2.45) is 5.10 Å². The second-order valence-corrected chi connectivity index (χ2v) is 4.65. The largest absolute Gasteiger partial charge is 0.329 e. The van der Waals surface area contributed by atoms with Crippen LogP contribution in [0.25, 0.3) is 0 Å². The Morgan fingerprint density at radius 1 is 1.09 bits per heavy atom. The maximum absolute atomic E-state index is 12.7. The minimum absolute atomic E-state index is 0.373. The first-order chi connectivity index (χ1) is 10.5. The van der Waals surface area contributed by atoms with Crippen molar-refractivity contribution in [1.29, 1.82) is 0 Å². The van der Waals surface area contributed by atoms with Crippen LogP contribution in [0.15, 0.2) is 53.6 Å². The van der Waals surface area contributed by atoms with Crippen LogP contribution in [0.3, 0.4) is 0 Å². The van der Waals surface area contributed by atoms with E-state index in [1.165, 1.54) is 36.5 Å². The lowest BCUT2D eigenvalue weighted by Gasteiger charge is -2.03. The zero-order chi connectivity index (χ0) is 15.9. The van der Waals surface area contributed by atoms with Crippen molar-refractivity contribution in [1.82, 2.24) is 5.43 Å². The summed E-state index contributed by atoms with van der Waals surface area (Å²) < 4.78 is 12.7. The highest BCUT2D eigenvalue weighted by Crippen LogP contribution is 2.14. The molecule has 0 aliphatic rings. The molecule has 0 unspecified atom stereocenters. The third-order valence-corrected chi connectivity index (χ3v) is 2.77. The van der Waals surface area contributed by atoms with Crippen LogP contribution in [0.5, 0.6) is 0 Å². The number of nitrogens with one attached hydrogen (secondary N) is 2. The van der Waals surface area contributed by atoms with Gasteiger partial charge in [0.25, 0.3) is 0 Å². The lowest BCUT2D eigenvalue weighted by molar-refractivity contribution is -0.136. The molecule has 0 aliphatic carbocycles. The first-order valence-corrected chi connectivity index (χ1v) is 6.58. The molecule has 0 aliphatic heterocycles. The molecule has 0 atom stereocenters. The van der Waals surface area contributed by atoms with Crippen LogP contribution in [0.4, 0.5) is 10.1 Å². The topological polar surface area (TPSA) is 70.6 Å². The zero-order valence-corrected chi connectivity index (χ0v) is 12.0. The van der Waals surface area contributed by atoms with Crippen LogP contribution < -0.4 is 10.7 Å². The van der Waals surface area contributed by atoms with Gasteiger partial charge in [-0.05, 0) is 35.9 Å². The van der Waals surface area contributed by atoms with E-state index < -0.39 is 11.8 Å². The predicted octanol–water partition coefficient (Wildman–Crippen LogP) is 2.57. The van der Waals surface area contributed by atoms with E-state index in [-0.39, 0.29) is 5.82 Å². The van der Waals surface area contributed by atoms with Crippen molar-refractivity contribution in [3.8, 4) is 0 Å². The van der Waals surface area contributed by atoms with E-state index in [0.717, 1.165) is 0 Å². The summed E-state index contributed by atoms with van der Waals surface area (Å²) >= 11 is 5.77. The van der Waals surface area contributed by atoms with E-state index in [1.54, 1.807) is 18.2 Å². The van der Waals surface area contributed by atoms with Gasteiger partial charge in [-0.1, -0.05) is 29.8 Å². The standard InChI is InChI=1S/C15H11ClFN3O2/c16-11-2-1-3-13(8-11)19-14(21)15(22)20-18-9-10-4-6-12(17)7-5-10/h1-9H,(H,19,21)(H,20,22). The molecule has 112 valence electrons. The molecule has 0 bridgehead atoms. The summed E-state index contributed by atoms with van der Waals surface area (Å²) in [5.41, 5.74) is 3.05. The van der Waals surface area contributed by atoms with E-state index in [2.05, 4.69) is 15.8 Å². The van der Waals surface area contributed by atoms with Gasteiger partial charge in [0.05, 0.1) is 6.21 Å². The SMILES string of the molecule is O=C(NN=Cc1ccc(F)cc1)C(=O)Nc1cccc(Cl)c1. The second-order valence-electron chi connectivity index (χ2n) is 4.22. The van der Waals surface area contributed by atoms with E-state index in [9.17, 15) is 14.0 Å². The molecule has 0 radical (unpaired) electrons. The lowest BCUT2D eigenvalue weighted by atomic mass is 10.2. The molecule has 0 fully saturated rings. The minimum atomic E-state index is -0.932. The van der Waals surface area contributed by atoms with Crippen LogP contribution in [0.2, 0.25) is 5.02 Å². The van der Waals surface area contributed by atoms with Gasteiger partial charge in [0.2, 0.25) is 0 Å². The Bertz CT molecular complexity index is 717. The fourth-order valence-electron chi connectivity index (χ4n) is 1.52. The number of hydrogen-bond acceptors (Lipinski definition) is 3. The number of anilines is 1. The summed E-state index contributed by atoms with van der Waals surface area (Å²) in [5, 5.41) is 6.43. The predicted molar refractivity (Wildman–Crippen MR) is 82.2 cm³/mol. The Balaban J connectivity index is 1.89. The summed E-state index contributed by atoms with van der Waals surface area (Å²) in [6.45, 7) is 0. The molecule has 2 rings (SSSR count). The normalized spacial score (nSPS) is 10.5. The minimum Gasteiger partial charge on any atom is -0.318 e. The van der Waals surface area contributed by atoms with Gasteiger partial charge in [0, 0.05) is 10.7 Å². The van der Waals surface area contributed by atoms with Gasteiger partial charge in [-0.15, -0.1) is 0 Å². The Kier molecular flexibility index (Phi) is 5.21. The van der Waals surface area contributed by atoms with Crippen LogP contribution >= 0.6 is 11.6 Å². The van der Waals surface area contributed by atoms with E-state index in [0.29, 0.717) is 16.3 Å². The van der Waals surface area contributed by atoms with E-state index in [1.807, 2.05) is 0 Å². The van der Waals surface area contributed by atoms with Gasteiger partial charge in [0.15, 0.2) is 0 Å². The summed E-state index contributed by atoms with van der Waals surface area (Å²) in [4.78, 5) is 23.2. The third kappa shape index (κ3) is 4.68. The molecule has 0 spiro atoms. The van der Waals surface area contributed by atoms with Crippen molar-refractivity contribution < 1.29 is 14.0 Å². The number of carbonyl (C=O) groups excluding carboxylic acids is 2. The van der Waals surface area contributed by atoms with E-state index >= 15 is 0 Å². The van der Waals surface area contributed by atoms with Crippen molar-refractivity contribution >= 4 is 35.3 Å². The number of halogens is 2. The molecule has 5 nitrogen and oxygen atoms in total. The molecule has 0 aromatic heterocycles. The highest BCUT2D eigenvalue weighted by molar-refractivity contribution is 6.39. The highest BCUT2D eigenvalue weighted by atomic mass is 35.5. The highest BCUT2D eigenvalue weighted by Gasteiger charge is 2.12. The number of amides is 2. The van der Waals surface area contributed by atoms with Gasteiger partial charge in [-0.25, -0.2) is 9.82 Å². The van der Waals surface area contributed by atoms with E-state index in [4.69, 9.17) is 11.6 Å². The molecule has 2 aromatic rings. The molecule has 7 heteroatoms. The zero-order valence-electron chi connectivity index (χ0n) is 11.2. The van der Waals surface area contributed by atoms with Crippen LogP contribution in [0, 0.1) is 5.82 Å². The number of benzene rings is 2. The first-order valence-electron chi connectivity index (χ1n) is 6.20. The van der Waals surface area contributed by atoms with Crippen LogP contribution in [-0.4, -0.2) is 18.0 Å². The number of carbonyl (C=O) groups is 2.